The van der Waals surface area contributed by atoms with Gasteiger partial charge >= 0.3 is 18.4 Å². The highest BCUT2D eigenvalue weighted by Crippen LogP contribution is 2.36. The van der Waals surface area contributed by atoms with Gasteiger partial charge in [-0.25, -0.2) is 0 Å². The van der Waals surface area contributed by atoms with E-state index >= 15 is 0 Å². The number of hydrogen-bond donors (Lipinski definition) is 1. The third kappa shape index (κ3) is 6.28. The zero-order valence-electron chi connectivity index (χ0n) is 14.7. The number of ether oxygens (including phenoxy) is 1. The number of rotatable bonds is 7. The fourth-order valence-electron chi connectivity index (χ4n) is 2.51. The van der Waals surface area contributed by atoms with Crippen LogP contribution in [0.4, 0.5) is 38.2 Å². The highest BCUT2D eigenvalue weighted by Gasteiger charge is 2.59. The van der Waals surface area contributed by atoms with Crippen molar-refractivity contribution in [2.45, 2.75) is 57.5 Å². The molecule has 1 saturated heterocycles. The van der Waals surface area contributed by atoms with E-state index in [1.165, 1.54) is 0 Å². The zero-order chi connectivity index (χ0) is 20.1. The van der Waals surface area contributed by atoms with Crippen molar-refractivity contribution in [3.05, 3.63) is 0 Å². The maximum absolute atomic E-state index is 12.8. The molecule has 1 aliphatic rings. The number of piperidine rings is 1. The van der Waals surface area contributed by atoms with Gasteiger partial charge in [-0.1, -0.05) is 13.3 Å². The van der Waals surface area contributed by atoms with Gasteiger partial charge in [0, 0.05) is 19.6 Å². The van der Waals surface area contributed by atoms with Crippen molar-refractivity contribution in [3.63, 3.8) is 0 Å². The molecule has 1 fully saturated rings. The van der Waals surface area contributed by atoms with Crippen molar-refractivity contribution in [1.82, 2.24) is 15.0 Å². The monoisotopic (exact) mass is 401 g/mol. The first-order valence-electron chi connectivity index (χ1n) is 8.66. The second kappa shape index (κ2) is 8.79. The molecule has 0 bridgehead atoms. The van der Waals surface area contributed by atoms with Crippen LogP contribution in [0.25, 0.3) is 0 Å². The molecule has 6 nitrogen and oxygen atoms in total. The maximum atomic E-state index is 12.8. The molecule has 0 aromatic carbocycles. The van der Waals surface area contributed by atoms with Crippen LogP contribution in [0, 0.1) is 0 Å². The minimum Gasteiger partial charge on any atom is -0.440 e. The smallest absolute Gasteiger partial charge is 0.434 e. The highest BCUT2D eigenvalue weighted by molar-refractivity contribution is 5.38. The van der Waals surface area contributed by atoms with Gasteiger partial charge in [-0.15, -0.1) is 0 Å². The second-order valence-electron chi connectivity index (χ2n) is 6.15. The average Bonchev–Trinajstić information content (AvgIpc) is 2.59. The molecule has 2 rings (SSSR count). The van der Waals surface area contributed by atoms with Crippen molar-refractivity contribution in [1.29, 1.82) is 0 Å². The van der Waals surface area contributed by atoms with Crippen LogP contribution in [0.15, 0.2) is 0 Å². The van der Waals surface area contributed by atoms with Crippen LogP contribution >= 0.6 is 0 Å². The molecular formula is C15H21F6N5O. The molecule has 0 aliphatic carbocycles. The molecule has 1 aromatic heterocycles. The van der Waals surface area contributed by atoms with E-state index < -0.39 is 24.5 Å². The minimum atomic E-state index is -5.65. The largest absolute Gasteiger partial charge is 0.440 e. The number of anilines is 2. The predicted octanol–water partition coefficient (Wildman–Crippen LogP) is 3.95. The fraction of sp³-hybridized carbons (Fsp3) is 0.800. The molecule has 0 spiro atoms. The number of nitrogens with zero attached hydrogens (tertiary/aromatic N) is 4. The zero-order valence-corrected chi connectivity index (χ0v) is 14.7. The Morgan fingerprint density at radius 2 is 1.63 bits per heavy atom. The molecular weight excluding hydrogens is 380 g/mol. The molecule has 1 aliphatic heterocycles. The van der Waals surface area contributed by atoms with Gasteiger partial charge in [0.05, 0.1) is 0 Å². The van der Waals surface area contributed by atoms with E-state index in [0.29, 0.717) is 19.6 Å². The van der Waals surface area contributed by atoms with Crippen molar-refractivity contribution in [2.75, 3.05) is 29.9 Å². The van der Waals surface area contributed by atoms with Crippen LogP contribution in [0.5, 0.6) is 6.01 Å². The van der Waals surface area contributed by atoms with E-state index in [0.717, 1.165) is 32.1 Å². The Bertz CT molecular complexity index is 589. The summed E-state index contributed by atoms with van der Waals surface area (Å²) in [5.41, 5.74) is 0. The van der Waals surface area contributed by atoms with E-state index in [1.54, 1.807) is 4.90 Å². The van der Waals surface area contributed by atoms with E-state index in [9.17, 15) is 26.3 Å². The first-order chi connectivity index (χ1) is 12.6. The molecule has 2 heterocycles. The summed E-state index contributed by atoms with van der Waals surface area (Å²) in [5, 5.41) is 2.78. The number of aromatic nitrogens is 3. The molecule has 0 unspecified atom stereocenters. The molecule has 0 radical (unpaired) electrons. The van der Waals surface area contributed by atoms with Gasteiger partial charge < -0.3 is 15.0 Å². The Hall–Kier alpha value is -2.01. The molecule has 12 heteroatoms. The molecule has 1 aromatic rings. The minimum absolute atomic E-state index is 0.00166. The summed E-state index contributed by atoms with van der Waals surface area (Å²) in [4.78, 5) is 13.1. The van der Waals surface area contributed by atoms with Crippen molar-refractivity contribution >= 4 is 11.9 Å². The number of unbranched alkanes of at least 4 members (excludes halogenated alkanes) is 1. The summed E-state index contributed by atoms with van der Waals surface area (Å²) in [7, 11) is 0. The Kier molecular flexibility index (Phi) is 6.93. The van der Waals surface area contributed by atoms with E-state index in [4.69, 9.17) is 0 Å². The average molecular weight is 401 g/mol. The van der Waals surface area contributed by atoms with Crippen LogP contribution in [0.3, 0.4) is 0 Å². The summed E-state index contributed by atoms with van der Waals surface area (Å²) in [6, 6.07) is -1.01. The van der Waals surface area contributed by atoms with Crippen LogP contribution in [-0.2, 0) is 0 Å². The SMILES string of the molecule is CCCCNc1nc(OC(C(F)(F)F)C(F)(F)F)nc(N2CCCCC2)n1. The van der Waals surface area contributed by atoms with E-state index in [2.05, 4.69) is 25.0 Å². The van der Waals surface area contributed by atoms with Gasteiger partial charge in [0.25, 0.3) is 6.10 Å². The van der Waals surface area contributed by atoms with Gasteiger partial charge in [0.1, 0.15) is 0 Å². The number of alkyl halides is 6. The third-order valence-corrected chi connectivity index (χ3v) is 3.87. The Morgan fingerprint density at radius 1 is 1.00 bits per heavy atom. The van der Waals surface area contributed by atoms with Crippen molar-refractivity contribution < 1.29 is 31.1 Å². The normalized spacial score (nSPS) is 15.9. The lowest BCUT2D eigenvalue weighted by atomic mass is 10.1. The van der Waals surface area contributed by atoms with Gasteiger partial charge in [0.15, 0.2) is 0 Å². The van der Waals surface area contributed by atoms with Gasteiger partial charge in [-0.05, 0) is 25.7 Å². The molecule has 27 heavy (non-hydrogen) atoms. The highest BCUT2D eigenvalue weighted by atomic mass is 19.4. The van der Waals surface area contributed by atoms with E-state index in [-0.39, 0.29) is 11.9 Å². The molecule has 0 amide bonds. The summed E-state index contributed by atoms with van der Waals surface area (Å²) >= 11 is 0. The van der Waals surface area contributed by atoms with Crippen molar-refractivity contribution in [2.24, 2.45) is 0 Å². The van der Waals surface area contributed by atoms with Gasteiger partial charge in [-0.3, -0.25) is 0 Å². The fourth-order valence-corrected chi connectivity index (χ4v) is 2.51. The second-order valence-corrected chi connectivity index (χ2v) is 6.15. The summed E-state index contributed by atoms with van der Waals surface area (Å²) in [6.45, 7) is 3.46. The quantitative estimate of drug-likeness (QED) is 0.552. The predicted molar refractivity (Wildman–Crippen MR) is 85.8 cm³/mol. The number of hydrogen-bond acceptors (Lipinski definition) is 6. The lowest BCUT2D eigenvalue weighted by Gasteiger charge is -2.27. The van der Waals surface area contributed by atoms with Gasteiger partial charge in [0.2, 0.25) is 11.9 Å². The van der Waals surface area contributed by atoms with E-state index in [1.807, 2.05) is 6.92 Å². The summed E-state index contributed by atoms with van der Waals surface area (Å²) in [5.74, 6) is -0.112. The summed E-state index contributed by atoms with van der Waals surface area (Å²) in [6.07, 6.45) is -11.1. The van der Waals surface area contributed by atoms with Crippen LogP contribution in [0.1, 0.15) is 39.0 Å². The lowest BCUT2D eigenvalue weighted by Crippen LogP contribution is -2.47. The van der Waals surface area contributed by atoms with Crippen LogP contribution in [-0.4, -0.2) is 53.0 Å². The topological polar surface area (TPSA) is 63.2 Å². The third-order valence-electron chi connectivity index (χ3n) is 3.87. The standard InChI is InChI=1S/C15H21F6N5O/c1-2-3-7-22-11-23-12(26-8-5-4-6-9-26)25-13(24-11)27-10(14(16,17)18)15(19,20)21/h10H,2-9H2,1H3,(H,22,23,24,25). The molecule has 1 N–H and O–H groups in total. The number of nitrogens with one attached hydrogen (secondary N) is 1. The number of halogens is 6. The molecule has 154 valence electrons. The van der Waals surface area contributed by atoms with Crippen LogP contribution < -0.4 is 15.0 Å². The van der Waals surface area contributed by atoms with Gasteiger partial charge in [-0.2, -0.15) is 41.3 Å². The Morgan fingerprint density at radius 3 is 2.19 bits per heavy atom. The molecule has 0 atom stereocenters. The Labute approximate surface area is 152 Å². The maximum Gasteiger partial charge on any atom is 0.434 e. The molecule has 0 saturated carbocycles. The Balaban J connectivity index is 2.30. The first-order valence-corrected chi connectivity index (χ1v) is 8.66. The summed E-state index contributed by atoms with van der Waals surface area (Å²) < 4.78 is 80.7. The lowest BCUT2D eigenvalue weighted by molar-refractivity contribution is -0.301. The first kappa shape index (κ1) is 21.3. The van der Waals surface area contributed by atoms with Crippen molar-refractivity contribution in [3.8, 4) is 6.01 Å². The van der Waals surface area contributed by atoms with Crippen LogP contribution in [0.2, 0.25) is 0 Å².